The number of para-hydroxylation sites is 1. The molecule has 0 saturated heterocycles. The van der Waals surface area contributed by atoms with Crippen molar-refractivity contribution in [2.75, 3.05) is 11.9 Å². The Kier molecular flexibility index (Phi) is 5.07. The van der Waals surface area contributed by atoms with E-state index in [4.69, 9.17) is 4.74 Å². The van der Waals surface area contributed by atoms with Gasteiger partial charge in [0.25, 0.3) is 11.7 Å². The fourth-order valence-electron chi connectivity index (χ4n) is 3.01. The summed E-state index contributed by atoms with van der Waals surface area (Å²) < 4.78 is 6.81. The maximum atomic E-state index is 12.8. The first-order chi connectivity index (χ1) is 12.9. The lowest BCUT2D eigenvalue weighted by Gasteiger charge is -2.06. The number of hydrogen-bond acceptors (Lipinski definition) is 4. The molecule has 0 bridgehead atoms. The van der Waals surface area contributed by atoms with Gasteiger partial charge in [-0.1, -0.05) is 18.2 Å². The van der Waals surface area contributed by atoms with Crippen molar-refractivity contribution in [2.24, 2.45) is 7.05 Å². The first-order valence-corrected chi connectivity index (χ1v) is 8.61. The number of carbonyl (C=O) groups is 3. The van der Waals surface area contributed by atoms with E-state index in [1.165, 1.54) is 0 Å². The average Bonchev–Trinajstić information content (AvgIpc) is 2.93. The molecule has 1 heterocycles. The van der Waals surface area contributed by atoms with Gasteiger partial charge in [0, 0.05) is 29.3 Å². The van der Waals surface area contributed by atoms with Gasteiger partial charge in [-0.3, -0.25) is 9.59 Å². The predicted octanol–water partition coefficient (Wildman–Crippen LogP) is 3.48. The first-order valence-electron chi connectivity index (χ1n) is 8.61. The van der Waals surface area contributed by atoms with Crippen LogP contribution in [-0.4, -0.2) is 28.8 Å². The minimum atomic E-state index is -0.724. The Morgan fingerprint density at radius 1 is 1.04 bits per heavy atom. The molecule has 0 aliphatic rings. The number of anilines is 1. The second kappa shape index (κ2) is 7.45. The van der Waals surface area contributed by atoms with Crippen molar-refractivity contribution < 1.29 is 19.1 Å². The molecule has 0 aliphatic heterocycles. The molecule has 138 valence electrons. The summed E-state index contributed by atoms with van der Waals surface area (Å²) in [6.45, 7) is 3.83. The minimum absolute atomic E-state index is 0.288. The fourth-order valence-corrected chi connectivity index (χ4v) is 3.01. The largest absolute Gasteiger partial charge is 0.462 e. The molecule has 0 spiro atoms. The van der Waals surface area contributed by atoms with Crippen LogP contribution < -0.4 is 5.32 Å². The molecule has 6 nitrogen and oxygen atoms in total. The van der Waals surface area contributed by atoms with Gasteiger partial charge in [0.15, 0.2) is 0 Å². The molecule has 0 fully saturated rings. The highest BCUT2D eigenvalue weighted by Crippen LogP contribution is 2.25. The number of esters is 1. The molecule has 1 N–H and O–H groups in total. The van der Waals surface area contributed by atoms with Crippen molar-refractivity contribution in [1.29, 1.82) is 0 Å². The summed E-state index contributed by atoms with van der Waals surface area (Å²) in [6, 6.07) is 13.7. The number of benzene rings is 2. The number of nitrogens with one attached hydrogen (secondary N) is 1. The quantitative estimate of drug-likeness (QED) is 0.427. The predicted molar refractivity (Wildman–Crippen MR) is 103 cm³/mol. The molecule has 0 atom stereocenters. The van der Waals surface area contributed by atoms with Crippen LogP contribution in [0, 0.1) is 6.92 Å². The summed E-state index contributed by atoms with van der Waals surface area (Å²) in [6.07, 6.45) is 0. The number of aryl methyl sites for hydroxylation is 1. The highest BCUT2D eigenvalue weighted by molar-refractivity contribution is 6.48. The number of rotatable bonds is 5. The normalized spacial score (nSPS) is 10.6. The van der Waals surface area contributed by atoms with E-state index in [1.54, 1.807) is 31.2 Å². The SMILES string of the molecule is CCOC(=O)c1ccc(NC(=O)C(=O)c2c(C)n(C)c3ccccc23)cc1. The van der Waals surface area contributed by atoms with Gasteiger partial charge in [-0.15, -0.1) is 0 Å². The molecule has 0 radical (unpaired) electrons. The molecule has 2 aromatic carbocycles. The van der Waals surface area contributed by atoms with Crippen LogP contribution in [0.2, 0.25) is 0 Å². The lowest BCUT2D eigenvalue weighted by atomic mass is 10.1. The molecule has 3 aromatic rings. The first kappa shape index (κ1) is 18.4. The molecule has 0 unspecified atom stereocenters. The van der Waals surface area contributed by atoms with Gasteiger partial charge in [-0.25, -0.2) is 4.79 Å². The zero-order valence-electron chi connectivity index (χ0n) is 15.4. The van der Waals surface area contributed by atoms with Crippen LogP contribution in [-0.2, 0) is 16.6 Å². The van der Waals surface area contributed by atoms with Gasteiger partial charge in [-0.2, -0.15) is 0 Å². The van der Waals surface area contributed by atoms with Crippen LogP contribution in [0.5, 0.6) is 0 Å². The second-order valence-electron chi connectivity index (χ2n) is 6.12. The molecule has 0 saturated carbocycles. The molecule has 1 amide bonds. The number of nitrogens with zero attached hydrogens (tertiary/aromatic N) is 1. The molecular weight excluding hydrogens is 344 g/mol. The smallest absolute Gasteiger partial charge is 0.338 e. The fraction of sp³-hybridized carbons (Fsp3) is 0.190. The molecular formula is C21H20N2O4. The lowest BCUT2D eigenvalue weighted by molar-refractivity contribution is -0.112. The third kappa shape index (κ3) is 3.46. The summed E-state index contributed by atoms with van der Waals surface area (Å²) in [5.74, 6) is -1.75. The van der Waals surface area contributed by atoms with Gasteiger partial charge < -0.3 is 14.6 Å². The topological polar surface area (TPSA) is 77.4 Å². The van der Waals surface area contributed by atoms with Gasteiger partial charge in [-0.05, 0) is 44.2 Å². The summed E-state index contributed by atoms with van der Waals surface area (Å²) in [5, 5.41) is 3.34. The Balaban J connectivity index is 1.82. The number of aromatic nitrogens is 1. The summed E-state index contributed by atoms with van der Waals surface area (Å²) in [4.78, 5) is 36.9. The molecule has 0 aliphatic carbocycles. The Labute approximate surface area is 156 Å². The number of Topliss-reactive ketones (excluding diaryl/α,β-unsaturated/α-hetero) is 1. The molecule has 27 heavy (non-hydrogen) atoms. The van der Waals surface area contributed by atoms with Crippen LogP contribution in [0.25, 0.3) is 10.9 Å². The molecule has 3 rings (SSSR count). The Bertz CT molecular complexity index is 1030. The van der Waals surface area contributed by atoms with Gasteiger partial charge >= 0.3 is 5.97 Å². The Morgan fingerprint density at radius 3 is 2.37 bits per heavy atom. The third-order valence-electron chi connectivity index (χ3n) is 4.49. The molecule has 6 heteroatoms. The third-order valence-corrected chi connectivity index (χ3v) is 4.49. The zero-order valence-corrected chi connectivity index (χ0v) is 15.4. The van der Waals surface area contributed by atoms with Crippen LogP contribution in [0.15, 0.2) is 48.5 Å². The number of fused-ring (bicyclic) bond motifs is 1. The van der Waals surface area contributed by atoms with Crippen molar-refractivity contribution >= 4 is 34.3 Å². The van der Waals surface area contributed by atoms with Gasteiger partial charge in [0.2, 0.25) is 0 Å². The maximum Gasteiger partial charge on any atom is 0.338 e. The van der Waals surface area contributed by atoms with E-state index in [2.05, 4.69) is 5.32 Å². The summed E-state index contributed by atoms with van der Waals surface area (Å²) in [5.41, 5.74) is 2.83. The van der Waals surface area contributed by atoms with Crippen LogP contribution >= 0.6 is 0 Å². The van der Waals surface area contributed by atoms with Crippen molar-refractivity contribution in [3.63, 3.8) is 0 Å². The van der Waals surface area contributed by atoms with Crippen molar-refractivity contribution in [3.8, 4) is 0 Å². The standard InChI is InChI=1S/C21H20N2O4/c1-4-27-21(26)14-9-11-15(12-10-14)22-20(25)19(24)18-13(2)23(3)17-8-6-5-7-16(17)18/h5-12H,4H2,1-3H3,(H,22,25). The van der Waals surface area contributed by atoms with E-state index in [1.807, 2.05) is 42.8 Å². The Morgan fingerprint density at radius 2 is 1.70 bits per heavy atom. The lowest BCUT2D eigenvalue weighted by Crippen LogP contribution is -2.23. The van der Waals surface area contributed by atoms with Crippen molar-refractivity contribution in [3.05, 3.63) is 65.4 Å². The van der Waals surface area contributed by atoms with E-state index in [9.17, 15) is 14.4 Å². The number of ether oxygens (including phenoxy) is 1. The number of amides is 1. The van der Waals surface area contributed by atoms with E-state index >= 15 is 0 Å². The molecule has 1 aromatic heterocycles. The number of hydrogen-bond donors (Lipinski definition) is 1. The van der Waals surface area contributed by atoms with Crippen molar-refractivity contribution in [2.45, 2.75) is 13.8 Å². The van der Waals surface area contributed by atoms with Gasteiger partial charge in [0.05, 0.1) is 17.7 Å². The second-order valence-corrected chi connectivity index (χ2v) is 6.12. The van der Waals surface area contributed by atoms with Crippen LogP contribution in [0.4, 0.5) is 5.69 Å². The minimum Gasteiger partial charge on any atom is -0.462 e. The maximum absolute atomic E-state index is 12.8. The summed E-state index contributed by atoms with van der Waals surface area (Å²) in [7, 11) is 1.86. The van der Waals surface area contributed by atoms with E-state index < -0.39 is 17.7 Å². The van der Waals surface area contributed by atoms with Crippen LogP contribution in [0.1, 0.15) is 33.3 Å². The Hall–Kier alpha value is -3.41. The number of ketones is 1. The monoisotopic (exact) mass is 364 g/mol. The average molecular weight is 364 g/mol. The zero-order chi connectivity index (χ0) is 19.6. The highest BCUT2D eigenvalue weighted by Gasteiger charge is 2.24. The van der Waals surface area contributed by atoms with E-state index in [0.29, 0.717) is 16.8 Å². The van der Waals surface area contributed by atoms with Gasteiger partial charge in [0.1, 0.15) is 0 Å². The van der Waals surface area contributed by atoms with E-state index in [-0.39, 0.29) is 6.61 Å². The highest BCUT2D eigenvalue weighted by atomic mass is 16.5. The summed E-state index contributed by atoms with van der Waals surface area (Å²) >= 11 is 0. The van der Waals surface area contributed by atoms with E-state index in [0.717, 1.165) is 16.6 Å². The van der Waals surface area contributed by atoms with Crippen molar-refractivity contribution in [1.82, 2.24) is 4.57 Å². The van der Waals surface area contributed by atoms with Crippen LogP contribution in [0.3, 0.4) is 0 Å². The number of carbonyl (C=O) groups excluding carboxylic acids is 3.